The Morgan fingerprint density at radius 1 is 1.18 bits per heavy atom. The highest BCUT2D eigenvalue weighted by Gasteiger charge is 2.12. The van der Waals surface area contributed by atoms with E-state index in [0.717, 1.165) is 21.8 Å². The number of benzene rings is 2. The molecule has 0 aliphatic carbocycles. The van der Waals surface area contributed by atoms with Crippen molar-refractivity contribution in [2.24, 2.45) is 0 Å². The number of fused-ring (bicyclic) bond motifs is 1. The van der Waals surface area contributed by atoms with Crippen LogP contribution in [0.3, 0.4) is 0 Å². The van der Waals surface area contributed by atoms with Gasteiger partial charge < -0.3 is 14.8 Å². The third kappa shape index (κ3) is 4.37. The first-order valence-corrected chi connectivity index (χ1v) is 9.61. The number of nitrogens with zero attached hydrogens (tertiary/aromatic N) is 1. The SMILES string of the molecule is O=C(/C=C/c1ccc2c(c1)OCO2)NCCc1csc(-c2ccc(F)cc2)n1. The average Bonchev–Trinajstić information content (AvgIpc) is 3.36. The van der Waals surface area contributed by atoms with Gasteiger partial charge in [-0.25, -0.2) is 9.37 Å². The number of rotatable bonds is 6. The van der Waals surface area contributed by atoms with E-state index in [0.29, 0.717) is 24.5 Å². The van der Waals surface area contributed by atoms with Crippen molar-refractivity contribution < 1.29 is 18.7 Å². The molecule has 0 saturated carbocycles. The second-order valence-electron chi connectivity index (χ2n) is 6.14. The Labute approximate surface area is 165 Å². The summed E-state index contributed by atoms with van der Waals surface area (Å²) in [7, 11) is 0. The first-order valence-electron chi connectivity index (χ1n) is 8.73. The van der Waals surface area contributed by atoms with Gasteiger partial charge in [0.1, 0.15) is 10.8 Å². The molecule has 5 nitrogen and oxygen atoms in total. The number of carbonyl (C=O) groups excluding carboxylic acids is 1. The van der Waals surface area contributed by atoms with E-state index in [-0.39, 0.29) is 18.5 Å². The summed E-state index contributed by atoms with van der Waals surface area (Å²) in [6.45, 7) is 0.708. The summed E-state index contributed by atoms with van der Waals surface area (Å²) in [5.41, 5.74) is 2.64. The van der Waals surface area contributed by atoms with Gasteiger partial charge in [-0.2, -0.15) is 0 Å². The molecule has 1 aromatic heterocycles. The van der Waals surface area contributed by atoms with E-state index < -0.39 is 0 Å². The molecule has 1 aliphatic heterocycles. The molecule has 1 N–H and O–H groups in total. The Balaban J connectivity index is 1.27. The van der Waals surface area contributed by atoms with Gasteiger partial charge in [-0.15, -0.1) is 11.3 Å². The highest BCUT2D eigenvalue weighted by Crippen LogP contribution is 2.32. The molecule has 2 aromatic carbocycles. The van der Waals surface area contributed by atoms with Crippen LogP contribution >= 0.6 is 11.3 Å². The fourth-order valence-electron chi connectivity index (χ4n) is 2.71. The van der Waals surface area contributed by atoms with Crippen LogP contribution in [0, 0.1) is 5.82 Å². The van der Waals surface area contributed by atoms with E-state index in [4.69, 9.17) is 9.47 Å². The van der Waals surface area contributed by atoms with Crippen LogP contribution in [0.1, 0.15) is 11.3 Å². The molecule has 0 spiro atoms. The van der Waals surface area contributed by atoms with Gasteiger partial charge in [0.25, 0.3) is 0 Å². The number of hydrogen-bond acceptors (Lipinski definition) is 5. The largest absolute Gasteiger partial charge is 0.454 e. The van der Waals surface area contributed by atoms with E-state index in [1.54, 1.807) is 18.2 Å². The Hall–Kier alpha value is -3.19. The first kappa shape index (κ1) is 18.2. The number of halogens is 1. The van der Waals surface area contributed by atoms with E-state index in [9.17, 15) is 9.18 Å². The summed E-state index contributed by atoms with van der Waals surface area (Å²) in [5, 5.41) is 5.63. The standard InChI is InChI=1S/C21H17FN2O3S/c22-16-5-3-15(4-6-16)21-24-17(12-28-21)9-10-23-20(25)8-2-14-1-7-18-19(11-14)27-13-26-18/h1-8,11-12H,9-10,13H2,(H,23,25)/b8-2+. The molecule has 142 valence electrons. The van der Waals surface area contributed by atoms with Gasteiger partial charge in [0, 0.05) is 30.0 Å². The Morgan fingerprint density at radius 3 is 2.86 bits per heavy atom. The van der Waals surface area contributed by atoms with Gasteiger partial charge in [-0.1, -0.05) is 6.07 Å². The minimum atomic E-state index is -0.267. The third-order valence-electron chi connectivity index (χ3n) is 4.15. The van der Waals surface area contributed by atoms with Crippen molar-refractivity contribution in [3.63, 3.8) is 0 Å². The molecule has 4 rings (SSSR count). The molecule has 1 aliphatic rings. The second-order valence-corrected chi connectivity index (χ2v) is 7.00. The Kier molecular flexibility index (Phi) is 5.34. The molecule has 0 radical (unpaired) electrons. The lowest BCUT2D eigenvalue weighted by Gasteiger charge is -2.01. The van der Waals surface area contributed by atoms with Crippen molar-refractivity contribution in [2.45, 2.75) is 6.42 Å². The molecule has 0 saturated heterocycles. The van der Waals surface area contributed by atoms with Gasteiger partial charge in [0.05, 0.1) is 5.69 Å². The molecular weight excluding hydrogens is 379 g/mol. The van der Waals surface area contributed by atoms with Gasteiger partial charge in [-0.3, -0.25) is 4.79 Å². The number of carbonyl (C=O) groups is 1. The van der Waals surface area contributed by atoms with E-state index in [2.05, 4.69) is 10.3 Å². The smallest absolute Gasteiger partial charge is 0.244 e. The summed E-state index contributed by atoms with van der Waals surface area (Å²) in [4.78, 5) is 16.5. The van der Waals surface area contributed by atoms with Gasteiger partial charge in [-0.05, 0) is 48.0 Å². The van der Waals surface area contributed by atoms with Crippen LogP contribution in [0.25, 0.3) is 16.6 Å². The van der Waals surface area contributed by atoms with E-state index >= 15 is 0 Å². The zero-order chi connectivity index (χ0) is 19.3. The van der Waals surface area contributed by atoms with Crippen molar-refractivity contribution in [3.05, 3.63) is 71.0 Å². The monoisotopic (exact) mass is 396 g/mol. The van der Waals surface area contributed by atoms with Crippen LogP contribution in [-0.4, -0.2) is 24.2 Å². The van der Waals surface area contributed by atoms with Crippen LogP contribution in [0.4, 0.5) is 4.39 Å². The van der Waals surface area contributed by atoms with Gasteiger partial charge in [0.15, 0.2) is 11.5 Å². The number of amides is 1. The van der Waals surface area contributed by atoms with Crippen molar-refractivity contribution in [3.8, 4) is 22.1 Å². The molecule has 7 heteroatoms. The predicted molar refractivity (Wildman–Crippen MR) is 106 cm³/mol. The lowest BCUT2D eigenvalue weighted by molar-refractivity contribution is -0.116. The maximum absolute atomic E-state index is 13.0. The maximum Gasteiger partial charge on any atom is 0.244 e. The van der Waals surface area contributed by atoms with E-state index in [1.165, 1.54) is 29.5 Å². The van der Waals surface area contributed by atoms with Gasteiger partial charge >= 0.3 is 0 Å². The van der Waals surface area contributed by atoms with Gasteiger partial charge in [0.2, 0.25) is 12.7 Å². The van der Waals surface area contributed by atoms with Crippen LogP contribution in [0.5, 0.6) is 11.5 Å². The van der Waals surface area contributed by atoms with Crippen LogP contribution in [0.15, 0.2) is 53.9 Å². The molecule has 0 bridgehead atoms. The predicted octanol–water partition coefficient (Wildman–Crippen LogP) is 4.05. The Bertz CT molecular complexity index is 1010. The van der Waals surface area contributed by atoms with Crippen molar-refractivity contribution in [1.29, 1.82) is 0 Å². The van der Waals surface area contributed by atoms with Crippen LogP contribution in [-0.2, 0) is 11.2 Å². The molecule has 1 amide bonds. The molecule has 28 heavy (non-hydrogen) atoms. The average molecular weight is 396 g/mol. The summed E-state index contributed by atoms with van der Waals surface area (Å²) >= 11 is 1.50. The number of aromatic nitrogens is 1. The lowest BCUT2D eigenvalue weighted by Crippen LogP contribution is -2.23. The van der Waals surface area contributed by atoms with Crippen LogP contribution in [0.2, 0.25) is 0 Å². The second kappa shape index (κ2) is 8.22. The molecule has 2 heterocycles. The minimum Gasteiger partial charge on any atom is -0.454 e. The topological polar surface area (TPSA) is 60.5 Å². The molecule has 0 fully saturated rings. The maximum atomic E-state index is 13.0. The summed E-state index contributed by atoms with van der Waals surface area (Å²) in [5.74, 6) is 0.955. The van der Waals surface area contributed by atoms with E-state index in [1.807, 2.05) is 23.6 Å². The lowest BCUT2D eigenvalue weighted by atomic mass is 10.2. The first-order chi connectivity index (χ1) is 13.7. The number of ether oxygens (including phenoxy) is 2. The zero-order valence-corrected chi connectivity index (χ0v) is 15.7. The quantitative estimate of drug-likeness (QED) is 0.639. The molecule has 0 atom stereocenters. The third-order valence-corrected chi connectivity index (χ3v) is 5.09. The fraction of sp³-hybridized carbons (Fsp3) is 0.143. The highest BCUT2D eigenvalue weighted by atomic mass is 32.1. The van der Waals surface area contributed by atoms with Crippen molar-refractivity contribution >= 4 is 23.3 Å². The molecule has 3 aromatic rings. The number of hydrogen-bond donors (Lipinski definition) is 1. The number of nitrogens with one attached hydrogen (secondary N) is 1. The Morgan fingerprint density at radius 2 is 2.00 bits per heavy atom. The van der Waals surface area contributed by atoms with Crippen molar-refractivity contribution in [1.82, 2.24) is 10.3 Å². The zero-order valence-electron chi connectivity index (χ0n) is 14.9. The minimum absolute atomic E-state index is 0.174. The summed E-state index contributed by atoms with van der Waals surface area (Å²) < 4.78 is 23.6. The summed E-state index contributed by atoms with van der Waals surface area (Å²) in [6.07, 6.45) is 3.84. The molecular formula is C21H17FN2O3S. The fourth-order valence-corrected chi connectivity index (χ4v) is 3.57. The highest BCUT2D eigenvalue weighted by molar-refractivity contribution is 7.13. The number of thiazole rings is 1. The normalized spacial score (nSPS) is 12.5. The van der Waals surface area contributed by atoms with Crippen molar-refractivity contribution in [2.75, 3.05) is 13.3 Å². The van der Waals surface area contributed by atoms with Crippen LogP contribution < -0.4 is 14.8 Å². The molecule has 0 unspecified atom stereocenters. The summed E-state index contributed by atoms with van der Waals surface area (Å²) in [6, 6.07) is 11.8.